The van der Waals surface area contributed by atoms with Gasteiger partial charge in [0.15, 0.2) is 0 Å². The lowest BCUT2D eigenvalue weighted by Crippen LogP contribution is -2.21. The lowest BCUT2D eigenvalue weighted by Gasteiger charge is -2.16. The van der Waals surface area contributed by atoms with Crippen LogP contribution in [0.1, 0.15) is 24.3 Å². The predicted molar refractivity (Wildman–Crippen MR) is 82.2 cm³/mol. The molecular weight excluding hydrogens is 446 g/mol. The van der Waals surface area contributed by atoms with Crippen LogP contribution in [0.3, 0.4) is 0 Å². The van der Waals surface area contributed by atoms with Crippen molar-refractivity contribution in [3.63, 3.8) is 0 Å². The van der Waals surface area contributed by atoms with Crippen molar-refractivity contribution in [2.24, 2.45) is 11.5 Å². The number of benzene rings is 1. The van der Waals surface area contributed by atoms with E-state index in [4.69, 9.17) is 11.5 Å². The van der Waals surface area contributed by atoms with Gasteiger partial charge in [0.2, 0.25) is 11.8 Å². The summed E-state index contributed by atoms with van der Waals surface area (Å²) < 4.78 is 2.12. The molecule has 1 aromatic carbocycles. The fraction of sp³-hybridized carbons (Fsp3) is 0.273. The first kappa shape index (κ1) is 14.7. The molecule has 0 spiro atoms. The van der Waals surface area contributed by atoms with E-state index in [9.17, 15) is 9.59 Å². The lowest BCUT2D eigenvalue weighted by atomic mass is 9.92. The van der Waals surface area contributed by atoms with Crippen molar-refractivity contribution < 1.29 is 9.59 Å². The molecule has 0 saturated carbocycles. The van der Waals surface area contributed by atoms with Crippen molar-refractivity contribution in [3.05, 3.63) is 30.9 Å². The quantitative estimate of drug-likeness (QED) is 0.660. The third-order valence-electron chi connectivity index (χ3n) is 2.30. The third kappa shape index (κ3) is 4.78. The summed E-state index contributed by atoms with van der Waals surface area (Å²) in [7, 11) is 0. The fourth-order valence-electron chi connectivity index (χ4n) is 1.61. The maximum Gasteiger partial charge on any atom is 0.218 e. The van der Waals surface area contributed by atoms with Gasteiger partial charge in [-0.15, -0.1) is 0 Å². The Hall–Kier alpha value is -0.380. The van der Waals surface area contributed by atoms with Gasteiger partial charge in [-0.1, -0.05) is 6.07 Å². The van der Waals surface area contributed by atoms with E-state index in [0.29, 0.717) is 0 Å². The number of rotatable bonds is 5. The Kier molecular flexibility index (Phi) is 5.63. The number of nitrogens with two attached hydrogens (primary N) is 2. The van der Waals surface area contributed by atoms with Crippen LogP contribution in [0, 0.1) is 7.14 Å². The number of amides is 2. The van der Waals surface area contributed by atoms with Crippen molar-refractivity contribution in [2.45, 2.75) is 18.8 Å². The third-order valence-corrected chi connectivity index (χ3v) is 3.90. The van der Waals surface area contributed by atoms with Crippen molar-refractivity contribution >= 4 is 57.0 Å². The van der Waals surface area contributed by atoms with E-state index >= 15 is 0 Å². The Morgan fingerprint density at radius 1 is 1.12 bits per heavy atom. The molecule has 0 saturated heterocycles. The fourth-order valence-corrected chi connectivity index (χ4v) is 3.65. The molecule has 1 rings (SSSR count). The van der Waals surface area contributed by atoms with Gasteiger partial charge in [0.1, 0.15) is 0 Å². The highest BCUT2D eigenvalue weighted by molar-refractivity contribution is 14.1. The van der Waals surface area contributed by atoms with Crippen LogP contribution in [0.2, 0.25) is 0 Å². The number of primary amides is 2. The molecule has 0 radical (unpaired) electrons. The predicted octanol–water partition coefficient (Wildman–Crippen LogP) is 1.73. The van der Waals surface area contributed by atoms with Crippen LogP contribution in [0.4, 0.5) is 0 Å². The van der Waals surface area contributed by atoms with Gasteiger partial charge >= 0.3 is 0 Å². The molecule has 0 aliphatic carbocycles. The van der Waals surface area contributed by atoms with Crippen LogP contribution in [0.5, 0.6) is 0 Å². The summed E-state index contributed by atoms with van der Waals surface area (Å²) in [4.78, 5) is 22.0. The van der Waals surface area contributed by atoms with Crippen LogP contribution in [0.15, 0.2) is 18.2 Å². The van der Waals surface area contributed by atoms with Crippen LogP contribution >= 0.6 is 45.2 Å². The highest BCUT2D eigenvalue weighted by Crippen LogP contribution is 2.28. The largest absolute Gasteiger partial charge is 0.370 e. The first-order valence-corrected chi connectivity index (χ1v) is 7.07. The summed E-state index contributed by atoms with van der Waals surface area (Å²) in [6.45, 7) is 0. The molecule has 0 aliphatic rings. The Morgan fingerprint density at radius 2 is 1.65 bits per heavy atom. The van der Waals surface area contributed by atoms with E-state index in [0.717, 1.165) is 12.7 Å². The Balaban J connectivity index is 3.02. The van der Waals surface area contributed by atoms with E-state index < -0.39 is 11.8 Å². The zero-order valence-corrected chi connectivity index (χ0v) is 13.3. The number of carbonyl (C=O) groups excluding carboxylic acids is 2. The molecule has 0 unspecified atom stereocenters. The minimum absolute atomic E-state index is 0.138. The highest BCUT2D eigenvalue weighted by atomic mass is 127. The summed E-state index contributed by atoms with van der Waals surface area (Å²) in [6, 6.07) is 5.85. The molecule has 0 atom stereocenters. The van der Waals surface area contributed by atoms with Gasteiger partial charge in [-0.2, -0.15) is 0 Å². The summed E-state index contributed by atoms with van der Waals surface area (Å²) in [5, 5.41) is 0. The summed E-state index contributed by atoms with van der Waals surface area (Å²) in [6.07, 6.45) is 0.277. The zero-order chi connectivity index (χ0) is 13.0. The first-order chi connectivity index (χ1) is 7.90. The average molecular weight is 458 g/mol. The maximum absolute atomic E-state index is 11.0. The molecule has 92 valence electrons. The summed E-state index contributed by atoms with van der Waals surface area (Å²) >= 11 is 4.39. The molecule has 0 fully saturated rings. The molecular formula is C11H12I2N2O2. The van der Waals surface area contributed by atoms with Crippen molar-refractivity contribution in [1.29, 1.82) is 0 Å². The molecule has 0 aliphatic heterocycles. The van der Waals surface area contributed by atoms with Gasteiger partial charge in [0, 0.05) is 25.9 Å². The monoisotopic (exact) mass is 458 g/mol. The van der Waals surface area contributed by atoms with Crippen molar-refractivity contribution in [3.8, 4) is 0 Å². The molecule has 0 aromatic heterocycles. The molecule has 17 heavy (non-hydrogen) atoms. The van der Waals surface area contributed by atoms with Crippen molar-refractivity contribution in [1.82, 2.24) is 0 Å². The molecule has 0 heterocycles. The standard InChI is InChI=1S/C11H12I2N2O2/c12-7-1-2-8(9(13)5-7)6(3-10(14)16)4-11(15)17/h1-2,5-6H,3-4H2,(H2,14,16)(H2,15,17). The number of hydrogen-bond acceptors (Lipinski definition) is 2. The molecule has 0 bridgehead atoms. The minimum atomic E-state index is -0.425. The topological polar surface area (TPSA) is 86.2 Å². The number of halogens is 2. The molecule has 4 N–H and O–H groups in total. The molecule has 1 aromatic rings. The van der Waals surface area contributed by atoms with Crippen LogP contribution in [-0.4, -0.2) is 11.8 Å². The highest BCUT2D eigenvalue weighted by Gasteiger charge is 2.19. The van der Waals surface area contributed by atoms with E-state index in [1.807, 2.05) is 18.2 Å². The van der Waals surface area contributed by atoms with Crippen molar-refractivity contribution in [2.75, 3.05) is 0 Å². The van der Waals surface area contributed by atoms with Gasteiger partial charge in [-0.25, -0.2) is 0 Å². The molecule has 6 heteroatoms. The summed E-state index contributed by atoms with van der Waals surface area (Å²) in [5.74, 6) is -1.08. The van der Waals surface area contributed by atoms with Gasteiger partial charge in [-0.05, 0) is 62.9 Å². The van der Waals surface area contributed by atoms with Gasteiger partial charge in [0.05, 0.1) is 0 Å². The first-order valence-electron chi connectivity index (χ1n) is 4.91. The molecule has 2 amide bonds. The normalized spacial score (nSPS) is 10.5. The summed E-state index contributed by atoms with van der Waals surface area (Å²) in [5.41, 5.74) is 11.3. The second-order valence-corrected chi connectivity index (χ2v) is 6.11. The number of carbonyl (C=O) groups is 2. The van der Waals surface area contributed by atoms with E-state index in [1.165, 1.54) is 0 Å². The van der Waals surface area contributed by atoms with Crippen LogP contribution < -0.4 is 11.5 Å². The molecule has 4 nitrogen and oxygen atoms in total. The van der Waals surface area contributed by atoms with E-state index in [-0.39, 0.29) is 18.8 Å². The minimum Gasteiger partial charge on any atom is -0.370 e. The lowest BCUT2D eigenvalue weighted by molar-refractivity contribution is -0.119. The number of hydrogen-bond donors (Lipinski definition) is 2. The van der Waals surface area contributed by atoms with E-state index in [2.05, 4.69) is 45.2 Å². The average Bonchev–Trinajstić information content (AvgIpc) is 2.14. The van der Waals surface area contributed by atoms with Crippen LogP contribution in [-0.2, 0) is 9.59 Å². The van der Waals surface area contributed by atoms with E-state index in [1.54, 1.807) is 0 Å². The Labute approximate surface area is 127 Å². The van der Waals surface area contributed by atoms with Gasteiger partial charge in [-0.3, -0.25) is 9.59 Å². The SMILES string of the molecule is NC(=O)CC(CC(N)=O)c1ccc(I)cc1I. The van der Waals surface area contributed by atoms with Crippen LogP contribution in [0.25, 0.3) is 0 Å². The Morgan fingerprint density at radius 3 is 2.06 bits per heavy atom. The van der Waals surface area contributed by atoms with Gasteiger partial charge < -0.3 is 11.5 Å². The zero-order valence-electron chi connectivity index (χ0n) is 8.95. The second kappa shape index (κ2) is 6.53. The Bertz CT molecular complexity index is 433. The smallest absolute Gasteiger partial charge is 0.218 e. The second-order valence-electron chi connectivity index (χ2n) is 3.70. The van der Waals surface area contributed by atoms with Gasteiger partial charge in [0.25, 0.3) is 0 Å². The maximum atomic E-state index is 11.0.